The van der Waals surface area contributed by atoms with Crippen molar-refractivity contribution in [1.82, 2.24) is 4.90 Å². The van der Waals surface area contributed by atoms with Gasteiger partial charge in [-0.05, 0) is 53.2 Å². The molecule has 1 fully saturated rings. The number of benzene rings is 2. The van der Waals surface area contributed by atoms with E-state index in [0.717, 1.165) is 22.7 Å². The third-order valence-corrected chi connectivity index (χ3v) is 5.02. The van der Waals surface area contributed by atoms with Gasteiger partial charge in [-0.15, -0.1) is 0 Å². The van der Waals surface area contributed by atoms with Crippen molar-refractivity contribution in [2.75, 3.05) is 6.61 Å². The van der Waals surface area contributed by atoms with E-state index in [4.69, 9.17) is 21.4 Å². The molecule has 6 nitrogen and oxygen atoms in total. The minimum absolute atomic E-state index is 0.0525. The van der Waals surface area contributed by atoms with Gasteiger partial charge in [0.05, 0.1) is 11.4 Å². The van der Waals surface area contributed by atoms with E-state index in [1.165, 1.54) is 12.1 Å². The largest absolute Gasteiger partial charge is 0.482 e. The van der Waals surface area contributed by atoms with Crippen LogP contribution in [0.15, 0.2) is 47.4 Å². The second kappa shape index (κ2) is 8.45. The molecule has 0 bridgehead atoms. The van der Waals surface area contributed by atoms with Gasteiger partial charge in [0, 0.05) is 5.02 Å². The molecule has 1 aliphatic rings. The first-order chi connectivity index (χ1) is 13.3. The Morgan fingerprint density at radius 2 is 1.93 bits per heavy atom. The monoisotopic (exact) mass is 421 g/mol. The molecule has 0 atom stereocenters. The summed E-state index contributed by atoms with van der Waals surface area (Å²) in [6, 6.07) is 10.2. The number of carboxylic acids is 1. The lowest BCUT2D eigenvalue weighted by molar-refractivity contribution is -0.139. The Morgan fingerprint density at radius 3 is 2.57 bits per heavy atom. The molecule has 0 aliphatic carbocycles. The van der Waals surface area contributed by atoms with Gasteiger partial charge in [0.1, 0.15) is 11.6 Å². The van der Waals surface area contributed by atoms with Crippen molar-refractivity contribution in [3.8, 4) is 5.75 Å². The standard InChI is InChI=1S/C19H13ClFNO5S/c20-15-8-13(21)4-3-12(15)9-22-18(25)16(28-19(22)26)7-11-1-5-14(6-2-11)27-10-17(23)24/h1-8H,9-10H2,(H,23,24). The number of halogens is 2. The van der Waals surface area contributed by atoms with E-state index in [-0.39, 0.29) is 16.5 Å². The zero-order valence-electron chi connectivity index (χ0n) is 14.2. The van der Waals surface area contributed by atoms with E-state index >= 15 is 0 Å². The minimum Gasteiger partial charge on any atom is -0.482 e. The summed E-state index contributed by atoms with van der Waals surface area (Å²) in [5.74, 6) is -1.68. The summed E-state index contributed by atoms with van der Waals surface area (Å²) < 4.78 is 18.2. The van der Waals surface area contributed by atoms with Gasteiger partial charge in [-0.1, -0.05) is 29.8 Å². The maximum atomic E-state index is 13.2. The lowest BCUT2D eigenvalue weighted by atomic mass is 10.2. The third-order valence-electron chi connectivity index (χ3n) is 3.76. The Labute approximate surface area is 168 Å². The summed E-state index contributed by atoms with van der Waals surface area (Å²) in [7, 11) is 0. The average Bonchev–Trinajstić information content (AvgIpc) is 2.90. The van der Waals surface area contributed by atoms with Crippen molar-refractivity contribution in [2.45, 2.75) is 6.54 Å². The summed E-state index contributed by atoms with van der Waals surface area (Å²) in [5, 5.41) is 8.29. The van der Waals surface area contributed by atoms with Crippen LogP contribution in [0.4, 0.5) is 9.18 Å². The highest BCUT2D eigenvalue weighted by molar-refractivity contribution is 8.18. The SMILES string of the molecule is O=C(O)COc1ccc(C=C2SC(=O)N(Cc3ccc(F)cc3Cl)C2=O)cc1. The molecule has 2 aromatic carbocycles. The van der Waals surface area contributed by atoms with Crippen LogP contribution >= 0.6 is 23.4 Å². The fourth-order valence-electron chi connectivity index (χ4n) is 2.41. The predicted molar refractivity (Wildman–Crippen MR) is 102 cm³/mol. The van der Waals surface area contributed by atoms with Gasteiger partial charge in [-0.3, -0.25) is 14.5 Å². The molecule has 2 amide bonds. The van der Waals surface area contributed by atoms with Gasteiger partial charge in [0.2, 0.25) is 0 Å². The molecular weight excluding hydrogens is 409 g/mol. The minimum atomic E-state index is -1.08. The summed E-state index contributed by atoms with van der Waals surface area (Å²) >= 11 is 6.77. The number of carbonyl (C=O) groups excluding carboxylic acids is 2. The molecule has 0 saturated carbocycles. The smallest absolute Gasteiger partial charge is 0.341 e. The Balaban J connectivity index is 1.72. The highest BCUT2D eigenvalue weighted by atomic mass is 35.5. The first kappa shape index (κ1) is 19.9. The topological polar surface area (TPSA) is 83.9 Å². The summed E-state index contributed by atoms with van der Waals surface area (Å²) in [4.78, 5) is 36.5. The van der Waals surface area contributed by atoms with Gasteiger partial charge in [0.15, 0.2) is 6.61 Å². The molecule has 2 aromatic rings. The van der Waals surface area contributed by atoms with Crippen LogP contribution in [-0.4, -0.2) is 33.7 Å². The number of hydrogen-bond acceptors (Lipinski definition) is 5. The second-order valence-electron chi connectivity index (χ2n) is 5.76. The van der Waals surface area contributed by atoms with Crippen molar-refractivity contribution in [2.24, 2.45) is 0 Å². The quantitative estimate of drug-likeness (QED) is 0.704. The van der Waals surface area contributed by atoms with Crippen LogP contribution in [0.5, 0.6) is 5.75 Å². The van der Waals surface area contributed by atoms with Gasteiger partial charge in [-0.25, -0.2) is 9.18 Å². The van der Waals surface area contributed by atoms with E-state index in [1.54, 1.807) is 30.3 Å². The van der Waals surface area contributed by atoms with Crippen LogP contribution in [-0.2, 0) is 16.1 Å². The summed E-state index contributed by atoms with van der Waals surface area (Å²) in [6.45, 7) is -0.507. The van der Waals surface area contributed by atoms with Gasteiger partial charge in [0.25, 0.3) is 11.1 Å². The lowest BCUT2D eigenvalue weighted by Gasteiger charge is -2.13. The molecular formula is C19H13ClFNO5S. The second-order valence-corrected chi connectivity index (χ2v) is 7.16. The first-order valence-electron chi connectivity index (χ1n) is 7.97. The van der Waals surface area contributed by atoms with E-state index in [1.807, 2.05) is 0 Å². The molecule has 0 unspecified atom stereocenters. The molecule has 0 aromatic heterocycles. The zero-order valence-corrected chi connectivity index (χ0v) is 15.8. The Morgan fingerprint density at radius 1 is 1.21 bits per heavy atom. The van der Waals surface area contributed by atoms with Gasteiger partial charge < -0.3 is 9.84 Å². The molecule has 9 heteroatoms. The number of ether oxygens (including phenoxy) is 1. The van der Waals surface area contributed by atoms with E-state index in [0.29, 0.717) is 16.9 Å². The number of nitrogens with zero attached hydrogens (tertiary/aromatic N) is 1. The number of amides is 2. The predicted octanol–water partition coefficient (Wildman–Crippen LogP) is 4.18. The number of carboxylic acid groups (broad SMARTS) is 1. The summed E-state index contributed by atoms with van der Waals surface area (Å²) in [6.07, 6.45) is 1.55. The van der Waals surface area contributed by atoms with E-state index in [2.05, 4.69) is 0 Å². The number of thioether (sulfide) groups is 1. The Bertz CT molecular complexity index is 977. The fraction of sp³-hybridized carbons (Fsp3) is 0.105. The van der Waals surface area contributed by atoms with E-state index < -0.39 is 29.5 Å². The molecule has 0 spiro atoms. The van der Waals surface area contributed by atoms with E-state index in [9.17, 15) is 18.8 Å². The summed E-state index contributed by atoms with van der Waals surface area (Å²) in [5.41, 5.74) is 1.11. The van der Waals surface area contributed by atoms with Gasteiger partial charge in [-0.2, -0.15) is 0 Å². The molecule has 3 rings (SSSR count). The van der Waals surface area contributed by atoms with Crippen molar-refractivity contribution >= 4 is 46.6 Å². The van der Waals surface area contributed by atoms with Gasteiger partial charge >= 0.3 is 5.97 Å². The highest BCUT2D eigenvalue weighted by Gasteiger charge is 2.35. The molecule has 1 N–H and O–H groups in total. The number of rotatable bonds is 6. The first-order valence-corrected chi connectivity index (χ1v) is 9.17. The Hall–Kier alpha value is -2.84. The zero-order chi connectivity index (χ0) is 20.3. The molecule has 0 radical (unpaired) electrons. The normalized spacial score (nSPS) is 15.4. The fourth-order valence-corrected chi connectivity index (χ4v) is 3.48. The maximum Gasteiger partial charge on any atom is 0.341 e. The van der Waals surface area contributed by atoms with Crippen LogP contribution < -0.4 is 4.74 Å². The third kappa shape index (κ3) is 4.71. The van der Waals surface area contributed by atoms with Crippen LogP contribution in [0.1, 0.15) is 11.1 Å². The Kier molecular flexibility index (Phi) is 6.01. The van der Waals surface area contributed by atoms with Crippen LogP contribution in [0.2, 0.25) is 5.02 Å². The molecule has 1 saturated heterocycles. The molecule has 144 valence electrons. The van der Waals surface area contributed by atoms with Crippen LogP contribution in [0.25, 0.3) is 6.08 Å². The maximum absolute atomic E-state index is 13.2. The molecule has 1 aliphatic heterocycles. The average molecular weight is 422 g/mol. The number of carbonyl (C=O) groups is 3. The number of hydrogen-bond donors (Lipinski definition) is 1. The lowest BCUT2D eigenvalue weighted by Crippen LogP contribution is -2.27. The van der Waals surface area contributed by atoms with Crippen molar-refractivity contribution in [3.63, 3.8) is 0 Å². The van der Waals surface area contributed by atoms with Crippen molar-refractivity contribution in [3.05, 3.63) is 69.3 Å². The van der Waals surface area contributed by atoms with Crippen LogP contribution in [0.3, 0.4) is 0 Å². The van der Waals surface area contributed by atoms with Crippen molar-refractivity contribution < 1.29 is 28.6 Å². The molecule has 1 heterocycles. The number of aliphatic carboxylic acids is 1. The highest BCUT2D eigenvalue weighted by Crippen LogP contribution is 2.34. The molecule has 28 heavy (non-hydrogen) atoms. The van der Waals surface area contributed by atoms with Crippen molar-refractivity contribution in [1.29, 1.82) is 0 Å². The van der Waals surface area contributed by atoms with Crippen LogP contribution in [0, 0.1) is 5.82 Å². The number of imide groups is 1.